The topological polar surface area (TPSA) is 146 Å². The molecule has 2 N–H and O–H groups in total. The Morgan fingerprint density at radius 3 is 2.38 bits per heavy atom. The van der Waals surface area contributed by atoms with Crippen molar-refractivity contribution in [2.45, 2.75) is 77.0 Å². The van der Waals surface area contributed by atoms with Crippen LogP contribution in [-0.2, 0) is 43.1 Å². The van der Waals surface area contributed by atoms with Crippen LogP contribution in [-0.4, -0.2) is 72.1 Å². The Morgan fingerprint density at radius 2 is 1.71 bits per heavy atom. The molecule has 0 saturated carbocycles. The fraction of sp³-hybridized carbons (Fsp3) is 0.429. The smallest absolute Gasteiger partial charge is 0.261 e. The number of nitrogens with zero attached hydrogens (tertiary/aromatic N) is 3. The number of fused-ring (bicyclic) bond motifs is 1. The molecule has 13 heteroatoms. The first-order valence-corrected chi connectivity index (χ1v) is 22.1. The average molecular weight is 793 g/mol. The number of aromatic nitrogens is 2. The minimum Gasteiger partial charge on any atom is -0.611 e. The molecule has 0 unspecified atom stereocenters. The van der Waals surface area contributed by atoms with E-state index in [1.807, 2.05) is 36.4 Å². The molecule has 1 aliphatic heterocycles. The summed E-state index contributed by atoms with van der Waals surface area (Å²) in [6.45, 7) is 13.3. The number of ether oxygens (including phenoxy) is 2. The van der Waals surface area contributed by atoms with Crippen LogP contribution in [0.25, 0.3) is 17.2 Å². The maximum Gasteiger partial charge on any atom is 0.261 e. The van der Waals surface area contributed by atoms with Crippen LogP contribution < -0.4 is 15.0 Å². The summed E-state index contributed by atoms with van der Waals surface area (Å²) in [4.78, 5) is 21.1. The van der Waals surface area contributed by atoms with E-state index in [0.29, 0.717) is 43.2 Å². The van der Waals surface area contributed by atoms with Gasteiger partial charge in [-0.15, -0.1) is 0 Å². The highest BCUT2D eigenvalue weighted by molar-refractivity contribution is 7.90. The van der Waals surface area contributed by atoms with Gasteiger partial charge in [0.2, 0.25) is 0 Å². The van der Waals surface area contributed by atoms with Crippen molar-refractivity contribution in [3.63, 3.8) is 0 Å². The van der Waals surface area contributed by atoms with Crippen LogP contribution >= 0.6 is 0 Å². The molecule has 0 fully saturated rings. The van der Waals surface area contributed by atoms with Crippen LogP contribution in [0.2, 0.25) is 0 Å². The summed E-state index contributed by atoms with van der Waals surface area (Å²) in [7, 11) is -3.67. The molecule has 1 atom stereocenters. The van der Waals surface area contributed by atoms with Crippen LogP contribution in [0, 0.1) is 5.92 Å². The highest BCUT2D eigenvalue weighted by atomic mass is 32.2. The van der Waals surface area contributed by atoms with Gasteiger partial charge in [-0.2, -0.15) is 8.42 Å². The van der Waals surface area contributed by atoms with Gasteiger partial charge < -0.3 is 28.8 Å². The SMILES string of the molecule is CCCCOCCOc1ccc(-c2ccc3c(c2)/C=C(/C(=O)Nc2ccc([S@@+]([O-])Cc4cncn4CCC)cc2)CCCN3CC(C)C)cc1.CS(=O)(=O)O. The Morgan fingerprint density at radius 1 is 1.00 bits per heavy atom. The molecule has 11 nitrogen and oxygen atoms in total. The summed E-state index contributed by atoms with van der Waals surface area (Å²) in [5, 5.41) is 3.10. The van der Waals surface area contributed by atoms with Crippen LogP contribution in [0.5, 0.6) is 5.75 Å². The zero-order valence-electron chi connectivity index (χ0n) is 32.7. The van der Waals surface area contributed by atoms with Gasteiger partial charge in [0, 0.05) is 43.2 Å². The molecule has 0 spiro atoms. The van der Waals surface area contributed by atoms with Gasteiger partial charge in [-0.3, -0.25) is 9.35 Å². The summed E-state index contributed by atoms with van der Waals surface area (Å²) in [6, 6.07) is 22.1. The third-order valence-electron chi connectivity index (χ3n) is 8.69. The van der Waals surface area contributed by atoms with Crippen molar-refractivity contribution in [1.29, 1.82) is 0 Å². The van der Waals surface area contributed by atoms with E-state index in [2.05, 4.69) is 83.9 Å². The van der Waals surface area contributed by atoms with Crippen molar-refractivity contribution < 1.29 is 31.8 Å². The molecular weight excluding hydrogens is 737 g/mol. The number of carbonyl (C=O) groups excluding carboxylic acids is 1. The Bertz CT molecular complexity index is 1920. The highest BCUT2D eigenvalue weighted by Crippen LogP contribution is 2.33. The monoisotopic (exact) mass is 792 g/mol. The summed E-state index contributed by atoms with van der Waals surface area (Å²) < 4.78 is 52.5. The summed E-state index contributed by atoms with van der Waals surface area (Å²) in [5.74, 6) is 1.62. The van der Waals surface area contributed by atoms with Crippen molar-refractivity contribution in [3.8, 4) is 16.9 Å². The average Bonchev–Trinajstić information content (AvgIpc) is 3.57. The van der Waals surface area contributed by atoms with Crippen LogP contribution in [0.3, 0.4) is 0 Å². The zero-order chi connectivity index (χ0) is 39.8. The number of hydrogen-bond donors (Lipinski definition) is 2. The molecule has 2 heterocycles. The molecule has 1 aliphatic rings. The van der Waals surface area contributed by atoms with Gasteiger partial charge in [0.15, 0.2) is 10.6 Å². The standard InChI is InChI=1S/C41H52N4O4S.CH4O3S/c1-5-7-22-48-23-24-49-38-15-10-32(11-16-38)33-12-19-40-35(25-33)26-34(9-8-21-44(40)28-31(3)4)41(46)43-36-13-17-39(18-14-36)50(47)29-37-27-42-30-45(37)20-6-2;1-5(2,3)4/h10-19,25-27,30-31H,5-9,20-24,28-29H2,1-4H3,(H,43,46);1H3,(H,2,3,4)/b34-26+;/t50-;/m0./s1. The first-order valence-electron chi connectivity index (χ1n) is 19.0. The number of rotatable bonds is 17. The fourth-order valence-corrected chi connectivity index (χ4v) is 7.24. The predicted molar refractivity (Wildman–Crippen MR) is 223 cm³/mol. The number of benzene rings is 3. The molecule has 3 aromatic carbocycles. The minimum absolute atomic E-state index is 0.115. The maximum absolute atomic E-state index is 13.7. The second-order valence-corrected chi connectivity index (χ2v) is 16.9. The number of carbonyl (C=O) groups is 1. The van der Waals surface area contributed by atoms with Gasteiger partial charge in [-0.25, -0.2) is 4.98 Å². The molecule has 1 amide bonds. The normalized spacial score (nSPS) is 14.5. The second-order valence-electron chi connectivity index (χ2n) is 14.0. The molecule has 298 valence electrons. The lowest BCUT2D eigenvalue weighted by Crippen LogP contribution is -2.30. The van der Waals surface area contributed by atoms with E-state index in [1.165, 1.54) is 0 Å². The Kier molecular flexibility index (Phi) is 17.3. The van der Waals surface area contributed by atoms with E-state index in [4.69, 9.17) is 14.0 Å². The molecule has 55 heavy (non-hydrogen) atoms. The van der Waals surface area contributed by atoms with Crippen LogP contribution in [0.4, 0.5) is 11.4 Å². The van der Waals surface area contributed by atoms with E-state index in [1.54, 1.807) is 12.5 Å². The van der Waals surface area contributed by atoms with Gasteiger partial charge >= 0.3 is 0 Å². The molecular formula is C42H56N4O7S2. The Hall–Kier alpha value is -4.14. The molecule has 0 aliphatic carbocycles. The number of anilines is 2. The zero-order valence-corrected chi connectivity index (χ0v) is 34.3. The van der Waals surface area contributed by atoms with Gasteiger partial charge in [0.05, 0.1) is 31.1 Å². The van der Waals surface area contributed by atoms with Gasteiger partial charge in [0.25, 0.3) is 16.0 Å². The van der Waals surface area contributed by atoms with E-state index in [9.17, 15) is 17.8 Å². The van der Waals surface area contributed by atoms with E-state index >= 15 is 0 Å². The minimum atomic E-state index is -3.67. The number of imidazole rings is 1. The number of unbranched alkanes of at least 4 members (excludes halogenated alkanes) is 1. The first-order chi connectivity index (χ1) is 26.3. The van der Waals surface area contributed by atoms with Gasteiger partial charge in [0.1, 0.15) is 12.4 Å². The lowest BCUT2D eigenvalue weighted by atomic mass is 9.96. The second kappa shape index (κ2) is 21.8. The number of nitrogens with one attached hydrogen (secondary N) is 1. The number of hydrogen-bond acceptors (Lipinski definition) is 8. The van der Waals surface area contributed by atoms with Crippen molar-refractivity contribution in [3.05, 3.63) is 96.1 Å². The van der Waals surface area contributed by atoms with Crippen molar-refractivity contribution in [2.24, 2.45) is 5.92 Å². The first kappa shape index (κ1) is 43.6. The highest BCUT2D eigenvalue weighted by Gasteiger charge is 2.20. The van der Waals surface area contributed by atoms with Crippen molar-refractivity contribution in [1.82, 2.24) is 9.55 Å². The predicted octanol–water partition coefficient (Wildman–Crippen LogP) is 8.25. The van der Waals surface area contributed by atoms with Crippen molar-refractivity contribution >= 4 is 44.7 Å². The van der Waals surface area contributed by atoms with Crippen LogP contribution in [0.15, 0.2) is 89.7 Å². The maximum atomic E-state index is 13.7. The molecule has 4 aromatic rings. The number of amides is 1. The van der Waals surface area contributed by atoms with Crippen LogP contribution in [0.1, 0.15) is 71.1 Å². The van der Waals surface area contributed by atoms with E-state index in [-0.39, 0.29) is 5.91 Å². The third-order valence-corrected chi connectivity index (χ3v) is 10.0. The van der Waals surface area contributed by atoms with Gasteiger partial charge in [-0.1, -0.05) is 52.3 Å². The van der Waals surface area contributed by atoms with E-state index < -0.39 is 21.3 Å². The lowest BCUT2D eigenvalue weighted by Gasteiger charge is -2.30. The van der Waals surface area contributed by atoms with Crippen molar-refractivity contribution in [2.75, 3.05) is 49.4 Å². The molecule has 0 saturated heterocycles. The summed E-state index contributed by atoms with van der Waals surface area (Å²) in [5.41, 5.74) is 6.73. The molecule has 1 aromatic heterocycles. The Balaban J connectivity index is 0.00000126. The summed E-state index contributed by atoms with van der Waals surface area (Å²) >= 11 is -1.21. The largest absolute Gasteiger partial charge is 0.611 e. The molecule has 0 bridgehead atoms. The summed E-state index contributed by atoms with van der Waals surface area (Å²) in [6.07, 6.45) is 11.1. The molecule has 5 rings (SSSR count). The lowest BCUT2D eigenvalue weighted by molar-refractivity contribution is -0.112. The molecule has 0 radical (unpaired) electrons. The van der Waals surface area contributed by atoms with Gasteiger partial charge in [-0.05, 0) is 114 Å². The quantitative estimate of drug-likeness (QED) is 0.0613. The number of aryl methyl sites for hydroxylation is 1. The third kappa shape index (κ3) is 14.8. The Labute approximate surface area is 330 Å². The fourth-order valence-electron chi connectivity index (χ4n) is 6.13. The van der Waals surface area contributed by atoms with E-state index in [0.717, 1.165) is 96.2 Å².